The van der Waals surface area contributed by atoms with Crippen LogP contribution >= 0.6 is 11.6 Å². The average Bonchev–Trinajstić information content (AvgIpc) is 2.29. The van der Waals surface area contributed by atoms with Crippen molar-refractivity contribution in [2.75, 3.05) is 18.1 Å². The number of hydrogen-bond donors (Lipinski definition) is 1. The molecule has 1 aromatic rings. The van der Waals surface area contributed by atoms with Crippen molar-refractivity contribution in [2.45, 2.75) is 6.92 Å². The van der Waals surface area contributed by atoms with Crippen molar-refractivity contribution >= 4 is 27.3 Å². The van der Waals surface area contributed by atoms with Crippen LogP contribution in [0.2, 0.25) is 5.02 Å². The SMILES string of the molecule is CCS(=O)(=O)CCNC(=O)c1cnccc1Cl. The molecule has 0 aliphatic rings. The Hall–Kier alpha value is -1.14. The first-order valence-corrected chi connectivity index (χ1v) is 7.24. The quantitative estimate of drug-likeness (QED) is 0.867. The van der Waals surface area contributed by atoms with E-state index in [4.69, 9.17) is 11.6 Å². The molecule has 0 fully saturated rings. The third kappa shape index (κ3) is 4.32. The van der Waals surface area contributed by atoms with Crippen LogP contribution in [0.5, 0.6) is 0 Å². The molecule has 0 spiro atoms. The van der Waals surface area contributed by atoms with Gasteiger partial charge in [0, 0.05) is 24.7 Å². The molecule has 1 N–H and O–H groups in total. The van der Waals surface area contributed by atoms with Gasteiger partial charge in [-0.2, -0.15) is 0 Å². The zero-order valence-electron chi connectivity index (χ0n) is 9.31. The molecular formula is C10H13ClN2O3S. The maximum Gasteiger partial charge on any atom is 0.254 e. The molecule has 1 aromatic heterocycles. The number of hydrogen-bond acceptors (Lipinski definition) is 4. The van der Waals surface area contributed by atoms with Gasteiger partial charge in [0.15, 0.2) is 9.84 Å². The summed E-state index contributed by atoms with van der Waals surface area (Å²) in [7, 11) is -3.07. The van der Waals surface area contributed by atoms with Crippen LogP contribution in [0.4, 0.5) is 0 Å². The second kappa shape index (κ2) is 5.97. The smallest absolute Gasteiger partial charge is 0.254 e. The van der Waals surface area contributed by atoms with E-state index in [1.165, 1.54) is 18.5 Å². The van der Waals surface area contributed by atoms with E-state index in [9.17, 15) is 13.2 Å². The third-order valence-corrected chi connectivity index (χ3v) is 4.19. The fraction of sp³-hybridized carbons (Fsp3) is 0.400. The summed E-state index contributed by atoms with van der Waals surface area (Å²) in [5.41, 5.74) is 0.239. The predicted octanol–water partition coefficient (Wildman–Crippen LogP) is 0.900. The molecule has 94 valence electrons. The van der Waals surface area contributed by atoms with Gasteiger partial charge in [-0.1, -0.05) is 18.5 Å². The molecule has 1 amide bonds. The molecule has 0 bridgehead atoms. The largest absolute Gasteiger partial charge is 0.351 e. The first kappa shape index (κ1) is 13.9. The van der Waals surface area contributed by atoms with Gasteiger partial charge in [0.1, 0.15) is 0 Å². The summed E-state index contributed by atoms with van der Waals surface area (Å²) in [6.45, 7) is 1.63. The number of carbonyl (C=O) groups excluding carboxylic acids is 1. The second-order valence-electron chi connectivity index (χ2n) is 3.35. The van der Waals surface area contributed by atoms with Crippen molar-refractivity contribution in [1.29, 1.82) is 0 Å². The Labute approximate surface area is 105 Å². The van der Waals surface area contributed by atoms with E-state index in [0.717, 1.165) is 0 Å². The molecule has 0 unspecified atom stereocenters. The van der Waals surface area contributed by atoms with E-state index in [2.05, 4.69) is 10.3 Å². The Morgan fingerprint density at radius 3 is 2.82 bits per heavy atom. The van der Waals surface area contributed by atoms with Crippen molar-refractivity contribution in [2.24, 2.45) is 0 Å². The number of amides is 1. The van der Waals surface area contributed by atoms with Crippen LogP contribution in [0.15, 0.2) is 18.5 Å². The van der Waals surface area contributed by atoms with Crippen molar-refractivity contribution in [3.63, 3.8) is 0 Å². The van der Waals surface area contributed by atoms with Gasteiger partial charge in [0.05, 0.1) is 16.3 Å². The number of pyridine rings is 1. The lowest BCUT2D eigenvalue weighted by molar-refractivity contribution is 0.0956. The molecule has 0 saturated heterocycles. The molecule has 7 heteroatoms. The number of aromatic nitrogens is 1. The van der Waals surface area contributed by atoms with Crippen LogP contribution in [0.25, 0.3) is 0 Å². The summed E-state index contributed by atoms with van der Waals surface area (Å²) in [4.78, 5) is 15.4. The Kier molecular flexibility index (Phi) is 4.89. The summed E-state index contributed by atoms with van der Waals surface area (Å²) in [5, 5.41) is 2.78. The van der Waals surface area contributed by atoms with E-state index in [1.54, 1.807) is 6.92 Å². The van der Waals surface area contributed by atoms with E-state index in [1.807, 2.05) is 0 Å². The van der Waals surface area contributed by atoms with Gasteiger partial charge in [0.2, 0.25) is 0 Å². The minimum Gasteiger partial charge on any atom is -0.351 e. The van der Waals surface area contributed by atoms with Gasteiger partial charge in [-0.05, 0) is 6.07 Å². The van der Waals surface area contributed by atoms with Gasteiger partial charge in [0.25, 0.3) is 5.91 Å². The van der Waals surface area contributed by atoms with Gasteiger partial charge < -0.3 is 5.32 Å². The Bertz CT molecular complexity index is 502. The van der Waals surface area contributed by atoms with Gasteiger partial charge >= 0.3 is 0 Å². The van der Waals surface area contributed by atoms with Crippen LogP contribution in [-0.4, -0.2) is 37.4 Å². The molecular weight excluding hydrogens is 264 g/mol. The fourth-order valence-electron chi connectivity index (χ4n) is 1.10. The van der Waals surface area contributed by atoms with E-state index >= 15 is 0 Å². The Balaban J connectivity index is 2.55. The first-order valence-electron chi connectivity index (χ1n) is 5.04. The number of nitrogens with zero attached hydrogens (tertiary/aromatic N) is 1. The second-order valence-corrected chi connectivity index (χ2v) is 6.23. The number of carbonyl (C=O) groups is 1. The molecule has 1 heterocycles. The lowest BCUT2D eigenvalue weighted by Gasteiger charge is -2.06. The van der Waals surface area contributed by atoms with Crippen molar-refractivity contribution in [1.82, 2.24) is 10.3 Å². The predicted molar refractivity (Wildman–Crippen MR) is 65.9 cm³/mol. The Morgan fingerprint density at radius 2 is 2.24 bits per heavy atom. The van der Waals surface area contributed by atoms with Gasteiger partial charge in [-0.25, -0.2) is 8.42 Å². The molecule has 0 saturated carbocycles. The van der Waals surface area contributed by atoms with Crippen molar-refractivity contribution < 1.29 is 13.2 Å². The zero-order chi connectivity index (χ0) is 12.9. The molecule has 0 atom stereocenters. The van der Waals surface area contributed by atoms with E-state index in [0.29, 0.717) is 0 Å². The highest BCUT2D eigenvalue weighted by Gasteiger charge is 2.12. The molecule has 0 aromatic carbocycles. The number of nitrogens with one attached hydrogen (secondary N) is 1. The van der Waals surface area contributed by atoms with Gasteiger partial charge in [-0.3, -0.25) is 9.78 Å². The zero-order valence-corrected chi connectivity index (χ0v) is 10.9. The van der Waals surface area contributed by atoms with Crippen LogP contribution in [0.1, 0.15) is 17.3 Å². The molecule has 5 nitrogen and oxygen atoms in total. The number of rotatable bonds is 5. The first-order chi connectivity index (χ1) is 7.96. The van der Waals surface area contributed by atoms with Crippen LogP contribution in [-0.2, 0) is 9.84 Å². The average molecular weight is 277 g/mol. The summed E-state index contributed by atoms with van der Waals surface area (Å²) < 4.78 is 22.4. The summed E-state index contributed by atoms with van der Waals surface area (Å²) in [6, 6.07) is 1.50. The van der Waals surface area contributed by atoms with Crippen LogP contribution in [0.3, 0.4) is 0 Å². The highest BCUT2D eigenvalue weighted by atomic mass is 35.5. The van der Waals surface area contributed by atoms with Crippen molar-refractivity contribution in [3.8, 4) is 0 Å². The molecule has 0 aliphatic heterocycles. The van der Waals surface area contributed by atoms with Crippen molar-refractivity contribution in [3.05, 3.63) is 29.0 Å². The Morgan fingerprint density at radius 1 is 1.53 bits per heavy atom. The number of sulfone groups is 1. The fourth-order valence-corrected chi connectivity index (χ4v) is 2.00. The van der Waals surface area contributed by atoms with E-state index < -0.39 is 15.7 Å². The maximum atomic E-state index is 11.6. The molecule has 1 rings (SSSR count). The maximum absolute atomic E-state index is 11.6. The molecule has 0 aliphatic carbocycles. The summed E-state index contributed by atoms with van der Waals surface area (Å²) in [5.74, 6) is -0.432. The third-order valence-electron chi connectivity index (χ3n) is 2.15. The highest BCUT2D eigenvalue weighted by Crippen LogP contribution is 2.12. The minimum absolute atomic E-state index is 0.0660. The topological polar surface area (TPSA) is 76.1 Å². The van der Waals surface area contributed by atoms with Crippen LogP contribution < -0.4 is 5.32 Å². The molecule has 0 radical (unpaired) electrons. The van der Waals surface area contributed by atoms with Crippen LogP contribution in [0, 0.1) is 0 Å². The lowest BCUT2D eigenvalue weighted by atomic mass is 10.2. The summed E-state index contributed by atoms with van der Waals surface area (Å²) in [6.07, 6.45) is 2.81. The lowest BCUT2D eigenvalue weighted by Crippen LogP contribution is -2.29. The molecule has 17 heavy (non-hydrogen) atoms. The minimum atomic E-state index is -3.07. The highest BCUT2D eigenvalue weighted by molar-refractivity contribution is 7.91. The number of halogens is 1. The standard InChI is InChI=1S/C10H13ClN2O3S/c1-2-17(15,16)6-5-13-10(14)8-7-12-4-3-9(8)11/h3-4,7H,2,5-6H2,1H3,(H,13,14). The monoisotopic (exact) mass is 276 g/mol. The normalized spacial score (nSPS) is 11.2. The summed E-state index contributed by atoms with van der Waals surface area (Å²) >= 11 is 5.80. The van der Waals surface area contributed by atoms with E-state index in [-0.39, 0.29) is 28.6 Å². The van der Waals surface area contributed by atoms with Gasteiger partial charge in [-0.15, -0.1) is 0 Å².